The molecule has 3 aliphatic heterocycles. The number of allylic oxidation sites excluding steroid dienone is 3. The van der Waals surface area contributed by atoms with Gasteiger partial charge in [0.05, 0.1) is 25.0 Å². The number of nitrogens with one attached hydrogen (secondary N) is 1. The summed E-state index contributed by atoms with van der Waals surface area (Å²) in [6.07, 6.45) is -14.6. The van der Waals surface area contributed by atoms with Crippen LogP contribution < -0.4 is 5.32 Å². The molecule has 4 unspecified atom stereocenters. The second kappa shape index (κ2) is 7.56. The van der Waals surface area contributed by atoms with Gasteiger partial charge in [-0.15, -0.1) is 0 Å². The molecule has 0 aromatic rings. The van der Waals surface area contributed by atoms with Crippen molar-refractivity contribution in [3.8, 4) is 0 Å². The van der Waals surface area contributed by atoms with Gasteiger partial charge in [0.2, 0.25) is 6.30 Å². The van der Waals surface area contributed by atoms with Gasteiger partial charge in [0.15, 0.2) is 6.10 Å². The molecule has 1 N–H and O–H groups in total. The summed E-state index contributed by atoms with van der Waals surface area (Å²) in [5.74, 6) is -9.27. The van der Waals surface area contributed by atoms with Crippen LogP contribution in [0.5, 0.6) is 0 Å². The smallest absolute Gasteiger partial charge is 0.426 e. The van der Waals surface area contributed by atoms with Gasteiger partial charge in [0.25, 0.3) is 6.17 Å². The van der Waals surface area contributed by atoms with Crippen molar-refractivity contribution in [3.05, 3.63) is 23.6 Å². The molecule has 4 nitrogen and oxygen atoms in total. The molecule has 3 heterocycles. The Bertz CT molecular complexity index is 674. The number of morpholine rings is 1. The summed E-state index contributed by atoms with van der Waals surface area (Å²) in [6, 6.07) is -1.37. The zero-order valence-corrected chi connectivity index (χ0v) is 14.7. The number of nitrogens with zero attached hydrogens (tertiary/aromatic N) is 1. The first-order valence-corrected chi connectivity index (χ1v) is 8.63. The van der Waals surface area contributed by atoms with Gasteiger partial charge in [-0.1, -0.05) is 0 Å². The molecule has 0 amide bonds. The zero-order chi connectivity index (χ0) is 21.6. The molecule has 0 radical (unpaired) electrons. The second-order valence-electron chi connectivity index (χ2n) is 6.87. The molecule has 2 saturated heterocycles. The van der Waals surface area contributed by atoms with Gasteiger partial charge in [-0.05, 0) is 12.2 Å². The Labute approximate surface area is 159 Å². The molecule has 3 rings (SSSR count). The Morgan fingerprint density at radius 1 is 1.00 bits per heavy atom. The fourth-order valence-electron chi connectivity index (χ4n) is 3.30. The largest absolute Gasteiger partial charge is 0.486 e. The van der Waals surface area contributed by atoms with Crippen LogP contribution in [0.25, 0.3) is 0 Å². The third-order valence-electron chi connectivity index (χ3n) is 4.89. The minimum Gasteiger partial charge on any atom is -0.486 e. The highest BCUT2D eigenvalue weighted by atomic mass is 19.4. The minimum atomic E-state index is -5.82. The van der Waals surface area contributed by atoms with E-state index in [1.54, 1.807) is 0 Å². The molecule has 2 fully saturated rings. The van der Waals surface area contributed by atoms with Gasteiger partial charge in [-0.2, -0.15) is 30.7 Å². The normalized spacial score (nSPS) is 28.6. The molecule has 13 heteroatoms. The summed E-state index contributed by atoms with van der Waals surface area (Å²) < 4.78 is 131. The van der Waals surface area contributed by atoms with Crippen molar-refractivity contribution < 1.29 is 49.0 Å². The summed E-state index contributed by atoms with van der Waals surface area (Å²) in [5, 5.41) is 1.92. The summed E-state index contributed by atoms with van der Waals surface area (Å²) in [5.41, 5.74) is -1.42. The second-order valence-corrected chi connectivity index (χ2v) is 6.87. The van der Waals surface area contributed by atoms with E-state index in [1.165, 1.54) is 0 Å². The van der Waals surface area contributed by atoms with Gasteiger partial charge < -0.3 is 14.8 Å². The molecule has 166 valence electrons. The number of ether oxygens (including phenoxy) is 2. The van der Waals surface area contributed by atoms with Crippen molar-refractivity contribution in [2.24, 2.45) is 0 Å². The number of dihydropyridines is 1. The van der Waals surface area contributed by atoms with Gasteiger partial charge >= 0.3 is 18.0 Å². The molecule has 3 aliphatic rings. The van der Waals surface area contributed by atoms with Crippen LogP contribution in [0, 0.1) is 0 Å². The minimum absolute atomic E-state index is 0.0589. The lowest BCUT2D eigenvalue weighted by Crippen LogP contribution is -2.54. The molecule has 4 atom stereocenters. The maximum atomic E-state index is 14.6. The van der Waals surface area contributed by atoms with E-state index in [1.807, 2.05) is 5.32 Å². The van der Waals surface area contributed by atoms with Crippen LogP contribution in [0.1, 0.15) is 6.42 Å². The number of hydrogen-bond acceptors (Lipinski definition) is 4. The quantitative estimate of drug-likeness (QED) is 0.526. The number of hydrogen-bond donors (Lipinski definition) is 1. The molecule has 29 heavy (non-hydrogen) atoms. The lowest BCUT2D eigenvalue weighted by Gasteiger charge is -2.35. The SMILES string of the molecule is FC(C(F)(F)F)C(F)(F)C1=CC=C2OC(C(F)(F)C(F)N3CCOCC3)CC2N1. The fraction of sp³-hybridized carbons (Fsp3) is 0.750. The highest BCUT2D eigenvalue weighted by Gasteiger charge is 2.61. The number of fused-ring (bicyclic) bond motifs is 1. The number of halogens is 9. The van der Waals surface area contributed by atoms with Crippen LogP contribution in [0.15, 0.2) is 23.6 Å². The van der Waals surface area contributed by atoms with Crippen molar-refractivity contribution in [1.29, 1.82) is 0 Å². The maximum absolute atomic E-state index is 14.6. The van der Waals surface area contributed by atoms with Gasteiger partial charge in [0, 0.05) is 19.5 Å². The summed E-state index contributed by atoms with van der Waals surface area (Å²) in [6.45, 7) is -0.0468. The third-order valence-corrected chi connectivity index (χ3v) is 4.89. The van der Waals surface area contributed by atoms with E-state index in [2.05, 4.69) is 0 Å². The van der Waals surface area contributed by atoms with E-state index in [9.17, 15) is 39.5 Å². The Hall–Kier alpha value is -1.63. The van der Waals surface area contributed by atoms with Crippen molar-refractivity contribution in [2.45, 2.75) is 49.1 Å². The van der Waals surface area contributed by atoms with Crippen molar-refractivity contribution in [3.63, 3.8) is 0 Å². The molecule has 0 saturated carbocycles. The van der Waals surface area contributed by atoms with Crippen LogP contribution in [0.4, 0.5) is 39.5 Å². The molecule has 0 bridgehead atoms. The van der Waals surface area contributed by atoms with Crippen LogP contribution in [0.2, 0.25) is 0 Å². The van der Waals surface area contributed by atoms with E-state index < -0.39 is 54.8 Å². The fourth-order valence-corrected chi connectivity index (χ4v) is 3.30. The first-order chi connectivity index (χ1) is 13.3. The predicted octanol–water partition coefficient (Wildman–Crippen LogP) is 3.31. The maximum Gasteiger partial charge on any atom is 0.426 e. The Morgan fingerprint density at radius 2 is 1.62 bits per heavy atom. The Morgan fingerprint density at radius 3 is 2.21 bits per heavy atom. The summed E-state index contributed by atoms with van der Waals surface area (Å²) in [4.78, 5) is 0.853. The molecular weight excluding hydrogens is 423 g/mol. The van der Waals surface area contributed by atoms with Gasteiger partial charge in [-0.25, -0.2) is 8.78 Å². The van der Waals surface area contributed by atoms with E-state index in [-0.39, 0.29) is 32.1 Å². The third kappa shape index (κ3) is 4.16. The van der Waals surface area contributed by atoms with Gasteiger partial charge in [-0.3, -0.25) is 4.90 Å². The lowest BCUT2D eigenvalue weighted by molar-refractivity contribution is -0.235. The molecule has 0 aromatic heterocycles. The number of rotatable bonds is 5. The molecule has 0 spiro atoms. The van der Waals surface area contributed by atoms with E-state index >= 15 is 0 Å². The predicted molar refractivity (Wildman–Crippen MR) is 80.7 cm³/mol. The van der Waals surface area contributed by atoms with Crippen molar-refractivity contribution >= 4 is 0 Å². The van der Waals surface area contributed by atoms with Crippen molar-refractivity contribution in [1.82, 2.24) is 10.2 Å². The average molecular weight is 440 g/mol. The van der Waals surface area contributed by atoms with Crippen molar-refractivity contribution in [2.75, 3.05) is 26.3 Å². The monoisotopic (exact) mass is 440 g/mol. The summed E-state index contributed by atoms with van der Waals surface area (Å²) >= 11 is 0. The van der Waals surface area contributed by atoms with E-state index in [0.717, 1.165) is 11.0 Å². The average Bonchev–Trinajstić information content (AvgIpc) is 3.11. The molecule has 0 aromatic carbocycles. The standard InChI is InChI=1S/C16H17F9N2O2/c17-12(16(23,24)25)14(19,20)10-2-1-9-8(26-10)7-11(29-9)15(21,22)13(18)27-3-5-28-6-4-27/h1-2,8,11-13,26H,3-7H2. The van der Waals surface area contributed by atoms with Gasteiger partial charge in [0.1, 0.15) is 5.76 Å². The first kappa shape index (κ1) is 22.1. The van der Waals surface area contributed by atoms with E-state index in [4.69, 9.17) is 9.47 Å². The van der Waals surface area contributed by atoms with Crippen LogP contribution in [-0.2, 0) is 9.47 Å². The highest BCUT2D eigenvalue weighted by molar-refractivity contribution is 5.31. The topological polar surface area (TPSA) is 33.7 Å². The summed E-state index contributed by atoms with van der Waals surface area (Å²) in [7, 11) is 0. The first-order valence-electron chi connectivity index (χ1n) is 8.63. The molecule has 0 aliphatic carbocycles. The van der Waals surface area contributed by atoms with E-state index in [0.29, 0.717) is 6.08 Å². The van der Waals surface area contributed by atoms with Crippen LogP contribution in [-0.4, -0.2) is 73.8 Å². The zero-order valence-electron chi connectivity index (χ0n) is 14.7. The number of alkyl halides is 9. The lowest BCUT2D eigenvalue weighted by atomic mass is 10.0. The van der Waals surface area contributed by atoms with Crippen LogP contribution in [0.3, 0.4) is 0 Å². The molecular formula is C16H17F9N2O2. The van der Waals surface area contributed by atoms with Crippen LogP contribution >= 0.6 is 0 Å². The Balaban J connectivity index is 1.69. The highest BCUT2D eigenvalue weighted by Crippen LogP contribution is 2.43. The Kier molecular flexibility index (Phi) is 5.75.